The standard InChI is InChI=1S/C21H23N5O2S/c1-15(19(27)24-20-23-17-9-5-6-10-18(17)29-20)22-21(28)26-13-11-25(12-14-26)16-7-3-2-4-8-16/h2-10,15H,11-14H2,1H3,(H,22,28)(H,23,24,27)/t15-/m1/s1. The molecule has 0 spiro atoms. The Bertz CT molecular complexity index is 965. The van der Waals surface area contributed by atoms with E-state index in [1.54, 1.807) is 11.8 Å². The van der Waals surface area contributed by atoms with Gasteiger partial charge in [0, 0.05) is 31.9 Å². The first kappa shape index (κ1) is 19.2. The third-order valence-electron chi connectivity index (χ3n) is 4.95. The smallest absolute Gasteiger partial charge is 0.318 e. The summed E-state index contributed by atoms with van der Waals surface area (Å²) in [6.07, 6.45) is 0. The van der Waals surface area contributed by atoms with Gasteiger partial charge in [-0.25, -0.2) is 9.78 Å². The van der Waals surface area contributed by atoms with Crippen LogP contribution in [0.15, 0.2) is 54.6 Å². The van der Waals surface area contributed by atoms with Crippen LogP contribution in [-0.4, -0.2) is 54.0 Å². The van der Waals surface area contributed by atoms with Crippen molar-refractivity contribution >= 4 is 44.3 Å². The molecule has 8 heteroatoms. The highest BCUT2D eigenvalue weighted by Crippen LogP contribution is 2.25. The van der Waals surface area contributed by atoms with E-state index in [0.717, 1.165) is 29.0 Å². The van der Waals surface area contributed by atoms with E-state index < -0.39 is 6.04 Å². The van der Waals surface area contributed by atoms with Gasteiger partial charge < -0.3 is 20.4 Å². The number of urea groups is 1. The van der Waals surface area contributed by atoms with Crippen molar-refractivity contribution in [3.8, 4) is 0 Å². The molecule has 0 saturated carbocycles. The number of rotatable bonds is 4. The number of fused-ring (bicyclic) bond motifs is 1. The van der Waals surface area contributed by atoms with E-state index in [1.165, 1.54) is 11.3 Å². The topological polar surface area (TPSA) is 77.6 Å². The fourth-order valence-corrected chi connectivity index (χ4v) is 4.16. The van der Waals surface area contributed by atoms with Gasteiger partial charge in [-0.2, -0.15) is 0 Å². The van der Waals surface area contributed by atoms with Crippen LogP contribution in [-0.2, 0) is 4.79 Å². The Morgan fingerprint density at radius 2 is 1.69 bits per heavy atom. The average Bonchev–Trinajstić information content (AvgIpc) is 3.16. The first-order chi connectivity index (χ1) is 14.1. The molecule has 0 aliphatic carbocycles. The maximum atomic E-state index is 12.6. The van der Waals surface area contributed by atoms with Gasteiger partial charge in [-0.3, -0.25) is 4.79 Å². The molecule has 2 N–H and O–H groups in total. The van der Waals surface area contributed by atoms with E-state index in [1.807, 2.05) is 42.5 Å². The lowest BCUT2D eigenvalue weighted by Gasteiger charge is -2.36. The van der Waals surface area contributed by atoms with Gasteiger partial charge in [0.25, 0.3) is 0 Å². The van der Waals surface area contributed by atoms with Crippen molar-refractivity contribution in [1.82, 2.24) is 15.2 Å². The maximum Gasteiger partial charge on any atom is 0.318 e. The number of hydrogen-bond donors (Lipinski definition) is 2. The number of thiazole rings is 1. The van der Waals surface area contributed by atoms with Gasteiger partial charge in [-0.15, -0.1) is 0 Å². The molecule has 1 aromatic heterocycles. The van der Waals surface area contributed by atoms with Crippen LogP contribution in [0.4, 0.5) is 15.6 Å². The minimum Gasteiger partial charge on any atom is -0.368 e. The number of piperazine rings is 1. The zero-order valence-corrected chi connectivity index (χ0v) is 17.0. The number of para-hydroxylation sites is 2. The number of aromatic nitrogens is 1. The summed E-state index contributed by atoms with van der Waals surface area (Å²) in [5.41, 5.74) is 2.01. The molecule has 2 aromatic carbocycles. The van der Waals surface area contributed by atoms with Gasteiger partial charge >= 0.3 is 6.03 Å². The lowest BCUT2D eigenvalue weighted by Crippen LogP contribution is -2.54. The molecule has 1 aliphatic heterocycles. The van der Waals surface area contributed by atoms with E-state index >= 15 is 0 Å². The van der Waals surface area contributed by atoms with Gasteiger partial charge in [0.05, 0.1) is 10.2 Å². The Labute approximate surface area is 173 Å². The molecule has 1 fully saturated rings. The number of carbonyl (C=O) groups excluding carboxylic acids is 2. The van der Waals surface area contributed by atoms with Crippen molar-refractivity contribution in [3.63, 3.8) is 0 Å². The second kappa shape index (κ2) is 8.48. The lowest BCUT2D eigenvalue weighted by atomic mass is 10.2. The molecule has 0 radical (unpaired) electrons. The second-order valence-electron chi connectivity index (χ2n) is 6.96. The molecule has 3 aromatic rings. The summed E-state index contributed by atoms with van der Waals surface area (Å²) in [5.74, 6) is -0.277. The summed E-state index contributed by atoms with van der Waals surface area (Å²) in [6, 6.07) is 17.0. The van der Waals surface area contributed by atoms with Crippen molar-refractivity contribution in [2.24, 2.45) is 0 Å². The zero-order chi connectivity index (χ0) is 20.2. The molecule has 1 aliphatic rings. The highest BCUT2D eigenvalue weighted by molar-refractivity contribution is 7.22. The SMILES string of the molecule is C[C@@H](NC(=O)N1CCN(c2ccccc2)CC1)C(=O)Nc1nc2ccccc2s1. The van der Waals surface area contributed by atoms with Crippen molar-refractivity contribution in [2.75, 3.05) is 36.4 Å². The molecule has 2 heterocycles. The Morgan fingerprint density at radius 1 is 1.00 bits per heavy atom. The van der Waals surface area contributed by atoms with E-state index in [9.17, 15) is 9.59 Å². The Balaban J connectivity index is 1.28. The molecule has 1 saturated heterocycles. The van der Waals surface area contributed by atoms with E-state index in [2.05, 4.69) is 32.7 Å². The fraction of sp³-hybridized carbons (Fsp3) is 0.286. The molecule has 0 unspecified atom stereocenters. The molecule has 4 rings (SSSR count). The molecule has 150 valence electrons. The number of anilines is 2. The van der Waals surface area contributed by atoms with Crippen molar-refractivity contribution in [2.45, 2.75) is 13.0 Å². The molecule has 0 bridgehead atoms. The molecule has 3 amide bonds. The molecular weight excluding hydrogens is 386 g/mol. The van der Waals surface area contributed by atoms with Crippen LogP contribution in [0.2, 0.25) is 0 Å². The molecule has 29 heavy (non-hydrogen) atoms. The van der Waals surface area contributed by atoms with Crippen LogP contribution < -0.4 is 15.5 Å². The minimum atomic E-state index is -0.651. The van der Waals surface area contributed by atoms with E-state index in [-0.39, 0.29) is 11.9 Å². The highest BCUT2D eigenvalue weighted by Gasteiger charge is 2.24. The van der Waals surface area contributed by atoms with Crippen molar-refractivity contribution < 1.29 is 9.59 Å². The van der Waals surface area contributed by atoms with Crippen LogP contribution >= 0.6 is 11.3 Å². The van der Waals surface area contributed by atoms with Crippen LogP contribution in [0.25, 0.3) is 10.2 Å². The first-order valence-electron chi connectivity index (χ1n) is 9.62. The third-order valence-corrected chi connectivity index (χ3v) is 5.90. The average molecular weight is 410 g/mol. The summed E-state index contributed by atoms with van der Waals surface area (Å²) < 4.78 is 1.01. The maximum absolute atomic E-state index is 12.6. The number of hydrogen-bond acceptors (Lipinski definition) is 5. The highest BCUT2D eigenvalue weighted by atomic mass is 32.1. The zero-order valence-electron chi connectivity index (χ0n) is 16.2. The molecule has 7 nitrogen and oxygen atoms in total. The van der Waals surface area contributed by atoms with E-state index in [4.69, 9.17) is 0 Å². The van der Waals surface area contributed by atoms with Crippen LogP contribution in [0, 0.1) is 0 Å². The number of amides is 3. The summed E-state index contributed by atoms with van der Waals surface area (Å²) in [6.45, 7) is 4.45. The van der Waals surface area contributed by atoms with Crippen LogP contribution in [0.1, 0.15) is 6.92 Å². The third kappa shape index (κ3) is 4.48. The monoisotopic (exact) mass is 409 g/mol. The second-order valence-corrected chi connectivity index (χ2v) is 7.99. The Hall–Kier alpha value is -3.13. The van der Waals surface area contributed by atoms with Gasteiger partial charge in [-0.05, 0) is 31.2 Å². The number of nitrogens with one attached hydrogen (secondary N) is 2. The molecular formula is C21H23N5O2S. The number of benzene rings is 2. The summed E-state index contributed by atoms with van der Waals surface area (Å²) in [4.78, 5) is 33.4. The largest absolute Gasteiger partial charge is 0.368 e. The summed E-state index contributed by atoms with van der Waals surface area (Å²) in [5, 5.41) is 6.12. The van der Waals surface area contributed by atoms with Crippen LogP contribution in [0.3, 0.4) is 0 Å². The molecule has 1 atom stereocenters. The van der Waals surface area contributed by atoms with E-state index in [0.29, 0.717) is 18.2 Å². The number of nitrogens with zero attached hydrogens (tertiary/aromatic N) is 3. The van der Waals surface area contributed by atoms with Gasteiger partial charge in [0.2, 0.25) is 5.91 Å². The van der Waals surface area contributed by atoms with Gasteiger partial charge in [0.1, 0.15) is 6.04 Å². The predicted octanol–water partition coefficient (Wildman–Crippen LogP) is 3.16. The Morgan fingerprint density at radius 3 is 2.41 bits per heavy atom. The Kier molecular flexibility index (Phi) is 5.62. The van der Waals surface area contributed by atoms with Crippen LogP contribution in [0.5, 0.6) is 0 Å². The fourth-order valence-electron chi connectivity index (χ4n) is 3.29. The van der Waals surface area contributed by atoms with Crippen molar-refractivity contribution in [3.05, 3.63) is 54.6 Å². The summed E-state index contributed by atoms with van der Waals surface area (Å²) >= 11 is 1.42. The number of carbonyl (C=O) groups is 2. The predicted molar refractivity (Wildman–Crippen MR) is 116 cm³/mol. The first-order valence-corrected chi connectivity index (χ1v) is 10.4. The quantitative estimate of drug-likeness (QED) is 0.694. The summed E-state index contributed by atoms with van der Waals surface area (Å²) in [7, 11) is 0. The van der Waals surface area contributed by atoms with Gasteiger partial charge in [-0.1, -0.05) is 41.7 Å². The minimum absolute atomic E-state index is 0.218. The van der Waals surface area contributed by atoms with Gasteiger partial charge in [0.15, 0.2) is 5.13 Å². The van der Waals surface area contributed by atoms with Crippen molar-refractivity contribution in [1.29, 1.82) is 0 Å². The normalized spacial score (nSPS) is 15.2. The lowest BCUT2D eigenvalue weighted by molar-refractivity contribution is -0.117.